The molecule has 1 aromatic heterocycles. The van der Waals surface area contributed by atoms with Crippen molar-refractivity contribution in [2.45, 2.75) is 20.5 Å². The van der Waals surface area contributed by atoms with Crippen molar-refractivity contribution in [3.8, 4) is 11.3 Å². The van der Waals surface area contributed by atoms with Gasteiger partial charge < -0.3 is 10.4 Å². The van der Waals surface area contributed by atoms with E-state index in [1.807, 2.05) is 55.5 Å². The van der Waals surface area contributed by atoms with Crippen LogP contribution in [0.1, 0.15) is 18.1 Å². The monoisotopic (exact) mass is 306 g/mol. The van der Waals surface area contributed by atoms with Crippen LogP contribution in [0.15, 0.2) is 48.5 Å². The molecule has 0 saturated heterocycles. The number of nitrogens with zero attached hydrogens (tertiary/aromatic N) is 1. The zero-order valence-corrected chi connectivity index (χ0v) is 13.1. The van der Waals surface area contributed by atoms with Gasteiger partial charge in [-0.15, -0.1) is 0 Å². The first-order chi connectivity index (χ1) is 11.1. The van der Waals surface area contributed by atoms with Crippen LogP contribution in [0.2, 0.25) is 0 Å². The van der Waals surface area contributed by atoms with Crippen LogP contribution in [0.4, 0.5) is 5.69 Å². The fourth-order valence-electron chi connectivity index (χ4n) is 2.71. The normalized spacial score (nSPS) is 10.7. The number of anilines is 1. The first-order valence-corrected chi connectivity index (χ1v) is 7.46. The molecule has 2 N–H and O–H groups in total. The van der Waals surface area contributed by atoms with E-state index in [1.165, 1.54) is 6.92 Å². The maximum atomic E-state index is 11.2. The predicted molar refractivity (Wildman–Crippen MR) is 92.1 cm³/mol. The molecule has 23 heavy (non-hydrogen) atoms. The van der Waals surface area contributed by atoms with Crippen LogP contribution in [0.5, 0.6) is 0 Å². The number of rotatable bonds is 3. The number of aromatic nitrogens is 1. The Labute approximate surface area is 134 Å². The average Bonchev–Trinajstić information content (AvgIpc) is 2.53. The van der Waals surface area contributed by atoms with Gasteiger partial charge in [0.15, 0.2) is 0 Å². The summed E-state index contributed by atoms with van der Waals surface area (Å²) in [5, 5.41) is 13.5. The number of carbonyl (C=O) groups excluding carboxylic acids is 1. The standard InChI is InChI=1S/C19H18N2O2/c1-12-5-3-6-14-9-16(11-22)19(21-18(12)14)15-7-4-8-17(10-15)20-13(2)23/h3-10,22H,11H2,1-2H3,(H,20,23). The van der Waals surface area contributed by atoms with E-state index in [-0.39, 0.29) is 12.5 Å². The zero-order valence-electron chi connectivity index (χ0n) is 13.1. The van der Waals surface area contributed by atoms with Gasteiger partial charge in [0.05, 0.1) is 17.8 Å². The highest BCUT2D eigenvalue weighted by Crippen LogP contribution is 2.28. The number of amides is 1. The fourth-order valence-corrected chi connectivity index (χ4v) is 2.71. The molecule has 0 aliphatic rings. The molecule has 0 spiro atoms. The molecule has 0 aliphatic carbocycles. The van der Waals surface area contributed by atoms with Gasteiger partial charge >= 0.3 is 0 Å². The molecule has 4 nitrogen and oxygen atoms in total. The molecule has 1 amide bonds. The first kappa shape index (κ1) is 15.2. The minimum absolute atomic E-state index is 0.0867. The summed E-state index contributed by atoms with van der Waals surface area (Å²) in [5.41, 5.74) is 5.09. The number of aliphatic hydroxyl groups excluding tert-OH is 1. The summed E-state index contributed by atoms with van der Waals surface area (Å²) < 4.78 is 0. The topological polar surface area (TPSA) is 62.2 Å². The second-order valence-corrected chi connectivity index (χ2v) is 5.56. The van der Waals surface area contributed by atoms with Crippen molar-refractivity contribution in [2.24, 2.45) is 0 Å². The predicted octanol–water partition coefficient (Wildman–Crippen LogP) is 3.66. The van der Waals surface area contributed by atoms with E-state index in [0.717, 1.165) is 33.3 Å². The molecule has 0 unspecified atom stereocenters. The highest BCUT2D eigenvalue weighted by molar-refractivity contribution is 5.90. The van der Waals surface area contributed by atoms with E-state index in [4.69, 9.17) is 4.98 Å². The van der Waals surface area contributed by atoms with E-state index in [9.17, 15) is 9.90 Å². The maximum Gasteiger partial charge on any atom is 0.221 e. The fraction of sp³-hybridized carbons (Fsp3) is 0.158. The van der Waals surface area contributed by atoms with Gasteiger partial charge in [-0.05, 0) is 30.7 Å². The second-order valence-electron chi connectivity index (χ2n) is 5.56. The lowest BCUT2D eigenvalue weighted by Crippen LogP contribution is -2.05. The molecule has 116 valence electrons. The quantitative estimate of drug-likeness (QED) is 0.776. The molecule has 3 aromatic rings. The van der Waals surface area contributed by atoms with Crippen LogP contribution in [0, 0.1) is 6.92 Å². The molecule has 1 heterocycles. The maximum absolute atomic E-state index is 11.2. The number of fused-ring (bicyclic) bond motifs is 1. The van der Waals surface area contributed by atoms with E-state index in [2.05, 4.69) is 5.32 Å². The van der Waals surface area contributed by atoms with Gasteiger partial charge in [-0.3, -0.25) is 4.79 Å². The summed E-state index contributed by atoms with van der Waals surface area (Å²) in [4.78, 5) is 16.0. The Bertz CT molecular complexity index is 888. The molecule has 0 saturated carbocycles. The van der Waals surface area contributed by atoms with Crippen molar-refractivity contribution in [1.29, 1.82) is 0 Å². The van der Waals surface area contributed by atoms with Crippen LogP contribution < -0.4 is 5.32 Å². The third kappa shape index (κ3) is 3.07. The molecule has 0 fully saturated rings. The van der Waals surface area contributed by atoms with Gasteiger partial charge in [-0.2, -0.15) is 0 Å². The molecule has 0 bridgehead atoms. The summed E-state index contributed by atoms with van der Waals surface area (Å²) in [6.45, 7) is 3.41. The molecular formula is C19H18N2O2. The summed E-state index contributed by atoms with van der Waals surface area (Å²) in [6, 6.07) is 15.5. The zero-order chi connectivity index (χ0) is 16.4. The molecule has 0 aliphatic heterocycles. The highest BCUT2D eigenvalue weighted by Gasteiger charge is 2.11. The lowest BCUT2D eigenvalue weighted by molar-refractivity contribution is -0.114. The minimum Gasteiger partial charge on any atom is -0.392 e. The van der Waals surface area contributed by atoms with Gasteiger partial charge in [0.25, 0.3) is 0 Å². The van der Waals surface area contributed by atoms with Crippen molar-refractivity contribution < 1.29 is 9.90 Å². The van der Waals surface area contributed by atoms with Gasteiger partial charge in [0.1, 0.15) is 0 Å². The molecule has 2 aromatic carbocycles. The van der Waals surface area contributed by atoms with Gasteiger partial charge in [0, 0.05) is 29.1 Å². The van der Waals surface area contributed by atoms with Gasteiger partial charge in [0.2, 0.25) is 5.91 Å². The number of para-hydroxylation sites is 1. The van der Waals surface area contributed by atoms with E-state index in [1.54, 1.807) is 0 Å². The van der Waals surface area contributed by atoms with Crippen LogP contribution in [0.25, 0.3) is 22.2 Å². The number of hydrogen-bond donors (Lipinski definition) is 2. The summed E-state index contributed by atoms with van der Waals surface area (Å²) in [5.74, 6) is -0.119. The number of hydrogen-bond acceptors (Lipinski definition) is 3. The lowest BCUT2D eigenvalue weighted by atomic mass is 10.0. The number of pyridine rings is 1. The van der Waals surface area contributed by atoms with Crippen molar-refractivity contribution >= 4 is 22.5 Å². The average molecular weight is 306 g/mol. The Morgan fingerprint density at radius 2 is 1.96 bits per heavy atom. The summed E-state index contributed by atoms with van der Waals surface area (Å²) >= 11 is 0. The van der Waals surface area contributed by atoms with Crippen LogP contribution in [-0.2, 0) is 11.4 Å². The number of aryl methyl sites for hydroxylation is 1. The Balaban J connectivity index is 2.18. The second kappa shape index (κ2) is 6.18. The number of aliphatic hydroxyl groups is 1. The van der Waals surface area contributed by atoms with Crippen LogP contribution in [0.3, 0.4) is 0 Å². The number of benzene rings is 2. The van der Waals surface area contributed by atoms with E-state index in [0.29, 0.717) is 5.69 Å². The van der Waals surface area contributed by atoms with Crippen molar-refractivity contribution in [2.75, 3.05) is 5.32 Å². The van der Waals surface area contributed by atoms with Crippen molar-refractivity contribution in [3.05, 3.63) is 59.7 Å². The summed E-state index contributed by atoms with van der Waals surface area (Å²) in [6.07, 6.45) is 0. The lowest BCUT2D eigenvalue weighted by Gasteiger charge is -2.12. The Hall–Kier alpha value is -2.72. The first-order valence-electron chi connectivity index (χ1n) is 7.46. The number of carbonyl (C=O) groups is 1. The summed E-state index contributed by atoms with van der Waals surface area (Å²) in [7, 11) is 0. The van der Waals surface area contributed by atoms with E-state index < -0.39 is 0 Å². The molecule has 0 radical (unpaired) electrons. The highest BCUT2D eigenvalue weighted by atomic mass is 16.3. The SMILES string of the molecule is CC(=O)Nc1cccc(-c2nc3c(C)cccc3cc2CO)c1. The van der Waals surface area contributed by atoms with Crippen LogP contribution >= 0.6 is 0 Å². The largest absolute Gasteiger partial charge is 0.392 e. The molecule has 4 heteroatoms. The molecular weight excluding hydrogens is 288 g/mol. The Morgan fingerprint density at radius 3 is 2.70 bits per heavy atom. The Morgan fingerprint density at radius 1 is 1.17 bits per heavy atom. The van der Waals surface area contributed by atoms with E-state index >= 15 is 0 Å². The third-order valence-corrected chi connectivity index (χ3v) is 3.75. The van der Waals surface area contributed by atoms with Crippen molar-refractivity contribution in [1.82, 2.24) is 4.98 Å². The molecule has 3 rings (SSSR count). The number of nitrogens with one attached hydrogen (secondary N) is 1. The third-order valence-electron chi connectivity index (χ3n) is 3.75. The minimum atomic E-state index is -0.119. The van der Waals surface area contributed by atoms with Crippen LogP contribution in [-0.4, -0.2) is 16.0 Å². The van der Waals surface area contributed by atoms with Crippen molar-refractivity contribution in [3.63, 3.8) is 0 Å². The smallest absolute Gasteiger partial charge is 0.221 e. The van der Waals surface area contributed by atoms with Gasteiger partial charge in [-0.25, -0.2) is 4.98 Å². The Kier molecular flexibility index (Phi) is 4.08. The molecule has 0 atom stereocenters. The van der Waals surface area contributed by atoms with Gasteiger partial charge in [-0.1, -0.05) is 30.3 Å².